The van der Waals surface area contributed by atoms with Crippen molar-refractivity contribution < 1.29 is 0 Å². The number of hydrogen-bond acceptors (Lipinski definition) is 1. The van der Waals surface area contributed by atoms with E-state index in [-0.39, 0.29) is 6.04 Å². The summed E-state index contributed by atoms with van der Waals surface area (Å²) in [5.74, 6) is 0. The fourth-order valence-corrected chi connectivity index (χ4v) is 3.66. The van der Waals surface area contributed by atoms with Crippen molar-refractivity contribution >= 4 is 22.4 Å². The minimum Gasteiger partial charge on any atom is -0.324 e. The number of fused-ring (bicyclic) bond motifs is 2. The zero-order valence-corrected chi connectivity index (χ0v) is 12.4. The van der Waals surface area contributed by atoms with Crippen LogP contribution < -0.4 is 5.73 Å². The molecule has 2 N–H and O–H groups in total. The SMILES string of the molecule is NC1CCc2c(-c3ccc(Cl)c4ccccc34)cccc21. The van der Waals surface area contributed by atoms with Gasteiger partial charge in [0.2, 0.25) is 0 Å². The second-order valence-corrected chi connectivity index (χ2v) is 6.07. The van der Waals surface area contributed by atoms with Crippen LogP contribution in [-0.2, 0) is 6.42 Å². The van der Waals surface area contributed by atoms with Gasteiger partial charge in [-0.2, -0.15) is 0 Å². The van der Waals surface area contributed by atoms with Crippen LogP contribution in [-0.4, -0.2) is 0 Å². The van der Waals surface area contributed by atoms with Crippen molar-refractivity contribution in [3.63, 3.8) is 0 Å². The third kappa shape index (κ3) is 1.97. The summed E-state index contributed by atoms with van der Waals surface area (Å²) in [6.45, 7) is 0. The molecule has 0 saturated carbocycles. The molecule has 1 aliphatic rings. The molecule has 0 aromatic heterocycles. The fourth-order valence-electron chi connectivity index (χ4n) is 3.44. The zero-order chi connectivity index (χ0) is 14.4. The van der Waals surface area contributed by atoms with E-state index in [2.05, 4.69) is 42.5 Å². The van der Waals surface area contributed by atoms with Gasteiger partial charge in [0.05, 0.1) is 0 Å². The standard InChI is InChI=1S/C19H16ClN/c20-18-10-8-14(13-4-1-2-5-16(13)18)12-6-3-7-17-15(12)9-11-19(17)21/h1-8,10,19H,9,11,21H2. The molecule has 0 amide bonds. The molecule has 1 nitrogen and oxygen atoms in total. The van der Waals surface area contributed by atoms with Gasteiger partial charge in [0, 0.05) is 16.5 Å². The van der Waals surface area contributed by atoms with E-state index in [0.717, 1.165) is 23.3 Å². The van der Waals surface area contributed by atoms with E-state index in [1.165, 1.54) is 27.6 Å². The first kappa shape index (κ1) is 12.9. The number of rotatable bonds is 1. The van der Waals surface area contributed by atoms with Gasteiger partial charge in [-0.15, -0.1) is 0 Å². The molecule has 4 rings (SSSR count). The number of nitrogens with two attached hydrogens (primary N) is 1. The lowest BCUT2D eigenvalue weighted by Gasteiger charge is -2.13. The second-order valence-electron chi connectivity index (χ2n) is 5.66. The van der Waals surface area contributed by atoms with Gasteiger partial charge in [0.25, 0.3) is 0 Å². The van der Waals surface area contributed by atoms with Crippen molar-refractivity contribution in [3.05, 3.63) is 70.7 Å². The summed E-state index contributed by atoms with van der Waals surface area (Å²) in [6, 6.07) is 19.1. The van der Waals surface area contributed by atoms with Gasteiger partial charge < -0.3 is 5.73 Å². The van der Waals surface area contributed by atoms with Crippen LogP contribution in [0.4, 0.5) is 0 Å². The maximum atomic E-state index is 6.34. The van der Waals surface area contributed by atoms with Crippen LogP contribution >= 0.6 is 11.6 Å². The molecular formula is C19H16ClN. The van der Waals surface area contributed by atoms with Crippen molar-refractivity contribution in [2.24, 2.45) is 5.73 Å². The lowest BCUT2D eigenvalue weighted by atomic mass is 9.92. The molecule has 0 fully saturated rings. The minimum atomic E-state index is 0.179. The summed E-state index contributed by atoms with van der Waals surface area (Å²) in [5, 5.41) is 3.12. The summed E-state index contributed by atoms with van der Waals surface area (Å²) in [4.78, 5) is 0. The number of benzene rings is 3. The molecule has 3 aromatic carbocycles. The Balaban J connectivity index is 2.03. The van der Waals surface area contributed by atoms with Crippen LogP contribution in [0.2, 0.25) is 5.02 Å². The van der Waals surface area contributed by atoms with E-state index in [1.807, 2.05) is 12.1 Å². The molecule has 0 aliphatic heterocycles. The van der Waals surface area contributed by atoms with Crippen molar-refractivity contribution in [2.45, 2.75) is 18.9 Å². The molecule has 1 aliphatic carbocycles. The van der Waals surface area contributed by atoms with Crippen molar-refractivity contribution in [3.8, 4) is 11.1 Å². The van der Waals surface area contributed by atoms with Crippen LogP contribution in [0.5, 0.6) is 0 Å². The number of halogens is 1. The van der Waals surface area contributed by atoms with Crippen LogP contribution in [0.15, 0.2) is 54.6 Å². The Kier molecular flexibility index (Phi) is 2.99. The predicted octanol–water partition coefficient (Wildman–Crippen LogP) is 5.11. The van der Waals surface area contributed by atoms with E-state index in [1.54, 1.807) is 0 Å². The van der Waals surface area contributed by atoms with Crippen LogP contribution in [0, 0.1) is 0 Å². The van der Waals surface area contributed by atoms with E-state index in [4.69, 9.17) is 17.3 Å². The summed E-state index contributed by atoms with van der Waals surface area (Å²) in [6.07, 6.45) is 2.10. The average Bonchev–Trinajstić information content (AvgIpc) is 2.90. The molecule has 3 aromatic rings. The smallest absolute Gasteiger partial charge is 0.0484 e. The van der Waals surface area contributed by atoms with Gasteiger partial charge in [0.1, 0.15) is 0 Å². The number of hydrogen-bond donors (Lipinski definition) is 1. The first-order valence-corrected chi connectivity index (χ1v) is 7.68. The normalized spacial score (nSPS) is 17.1. The molecule has 0 bridgehead atoms. The molecule has 104 valence electrons. The fraction of sp³-hybridized carbons (Fsp3) is 0.158. The van der Waals surface area contributed by atoms with Crippen LogP contribution in [0.25, 0.3) is 21.9 Å². The van der Waals surface area contributed by atoms with Crippen molar-refractivity contribution in [2.75, 3.05) is 0 Å². The molecular weight excluding hydrogens is 278 g/mol. The third-order valence-electron chi connectivity index (χ3n) is 4.48. The van der Waals surface area contributed by atoms with Gasteiger partial charge in [-0.05, 0) is 46.5 Å². The van der Waals surface area contributed by atoms with E-state index in [0.29, 0.717) is 0 Å². The predicted molar refractivity (Wildman–Crippen MR) is 89.6 cm³/mol. The topological polar surface area (TPSA) is 26.0 Å². The van der Waals surface area contributed by atoms with Crippen LogP contribution in [0.1, 0.15) is 23.6 Å². The Morgan fingerprint density at radius 1 is 0.857 bits per heavy atom. The van der Waals surface area contributed by atoms with Crippen LogP contribution in [0.3, 0.4) is 0 Å². The molecule has 1 unspecified atom stereocenters. The summed E-state index contributed by atoms with van der Waals surface area (Å²) in [7, 11) is 0. The maximum absolute atomic E-state index is 6.34. The molecule has 0 heterocycles. The monoisotopic (exact) mass is 293 g/mol. The zero-order valence-electron chi connectivity index (χ0n) is 11.6. The summed E-state index contributed by atoms with van der Waals surface area (Å²) < 4.78 is 0. The first-order valence-electron chi connectivity index (χ1n) is 7.30. The quantitative estimate of drug-likeness (QED) is 0.663. The Morgan fingerprint density at radius 2 is 1.67 bits per heavy atom. The summed E-state index contributed by atoms with van der Waals surface area (Å²) >= 11 is 6.34. The Labute approximate surface area is 129 Å². The highest BCUT2D eigenvalue weighted by Gasteiger charge is 2.22. The largest absolute Gasteiger partial charge is 0.324 e. The molecule has 0 spiro atoms. The summed E-state index contributed by atoms with van der Waals surface area (Å²) in [5.41, 5.74) is 11.5. The highest BCUT2D eigenvalue weighted by Crippen LogP contribution is 2.40. The molecule has 1 atom stereocenters. The van der Waals surface area contributed by atoms with Gasteiger partial charge in [-0.25, -0.2) is 0 Å². The van der Waals surface area contributed by atoms with E-state index in [9.17, 15) is 0 Å². The minimum absolute atomic E-state index is 0.179. The lowest BCUT2D eigenvalue weighted by Crippen LogP contribution is -2.04. The average molecular weight is 294 g/mol. The molecule has 21 heavy (non-hydrogen) atoms. The van der Waals surface area contributed by atoms with Gasteiger partial charge in [-0.1, -0.05) is 60.1 Å². The first-order chi connectivity index (χ1) is 10.3. The highest BCUT2D eigenvalue weighted by atomic mass is 35.5. The highest BCUT2D eigenvalue weighted by molar-refractivity contribution is 6.36. The van der Waals surface area contributed by atoms with Crippen molar-refractivity contribution in [1.82, 2.24) is 0 Å². The van der Waals surface area contributed by atoms with Gasteiger partial charge in [-0.3, -0.25) is 0 Å². The maximum Gasteiger partial charge on any atom is 0.0484 e. The van der Waals surface area contributed by atoms with Gasteiger partial charge in [0.15, 0.2) is 0 Å². The van der Waals surface area contributed by atoms with Gasteiger partial charge >= 0.3 is 0 Å². The van der Waals surface area contributed by atoms with Crippen molar-refractivity contribution in [1.29, 1.82) is 0 Å². The third-order valence-corrected chi connectivity index (χ3v) is 4.81. The Morgan fingerprint density at radius 3 is 2.52 bits per heavy atom. The second kappa shape index (κ2) is 4.87. The van der Waals surface area contributed by atoms with E-state index < -0.39 is 0 Å². The molecule has 2 heteroatoms. The lowest BCUT2D eigenvalue weighted by molar-refractivity contribution is 0.713. The molecule has 0 radical (unpaired) electrons. The Bertz CT molecular complexity index is 838. The Hall–Kier alpha value is -1.83. The van der Waals surface area contributed by atoms with E-state index >= 15 is 0 Å². The molecule has 0 saturated heterocycles.